The molecule has 0 bridgehead atoms. The highest BCUT2D eigenvalue weighted by atomic mass is 16.6. The van der Waals surface area contributed by atoms with Gasteiger partial charge in [0.2, 0.25) is 0 Å². The van der Waals surface area contributed by atoms with Gasteiger partial charge in [0.1, 0.15) is 5.60 Å². The molecule has 1 heterocycles. The largest absolute Gasteiger partial charge is 0.455 e. The van der Waals surface area contributed by atoms with Crippen LogP contribution < -0.4 is 5.73 Å². The Morgan fingerprint density at radius 1 is 1.41 bits per heavy atom. The zero-order valence-electron chi connectivity index (χ0n) is 10.8. The predicted molar refractivity (Wildman–Crippen MR) is 68.1 cm³/mol. The van der Waals surface area contributed by atoms with Gasteiger partial charge < -0.3 is 10.5 Å². The smallest absolute Gasteiger partial charge is 0.338 e. The van der Waals surface area contributed by atoms with Crippen LogP contribution in [-0.4, -0.2) is 11.6 Å². The molecule has 1 aliphatic rings. The summed E-state index contributed by atoms with van der Waals surface area (Å²) >= 11 is 0. The number of cyclic esters (lactones) is 1. The van der Waals surface area contributed by atoms with E-state index in [0.29, 0.717) is 5.56 Å². The van der Waals surface area contributed by atoms with Crippen molar-refractivity contribution in [2.75, 3.05) is 5.73 Å². The molecule has 0 amide bonds. The van der Waals surface area contributed by atoms with E-state index in [1.54, 1.807) is 12.1 Å². The van der Waals surface area contributed by atoms with Gasteiger partial charge in [-0.05, 0) is 43.5 Å². The van der Waals surface area contributed by atoms with E-state index < -0.39 is 5.60 Å². The molecule has 1 aliphatic heterocycles. The van der Waals surface area contributed by atoms with Gasteiger partial charge in [0.25, 0.3) is 0 Å². The zero-order valence-corrected chi connectivity index (χ0v) is 10.8. The maximum atomic E-state index is 12.0. The average Bonchev–Trinajstić information content (AvgIpc) is 2.25. The second kappa shape index (κ2) is 3.76. The first kappa shape index (κ1) is 12.0. The Morgan fingerprint density at radius 3 is 2.65 bits per heavy atom. The molecule has 3 heteroatoms. The molecule has 2 rings (SSSR count). The number of nitrogen functional groups attached to an aromatic ring is 1. The van der Waals surface area contributed by atoms with Crippen LogP contribution in [0.3, 0.4) is 0 Å². The molecule has 0 aromatic heterocycles. The van der Waals surface area contributed by atoms with E-state index in [0.717, 1.165) is 23.2 Å². The average molecular weight is 233 g/mol. The Bertz CT molecular complexity index is 477. The molecule has 1 atom stereocenters. The van der Waals surface area contributed by atoms with Crippen molar-refractivity contribution in [1.82, 2.24) is 0 Å². The summed E-state index contributed by atoms with van der Waals surface area (Å²) in [5.74, 6) is -0.0774. The molecule has 1 aromatic rings. The maximum Gasteiger partial charge on any atom is 0.338 e. The van der Waals surface area contributed by atoms with Gasteiger partial charge in [0, 0.05) is 11.6 Å². The first-order valence-electron chi connectivity index (χ1n) is 6.03. The van der Waals surface area contributed by atoms with Crippen LogP contribution in [0.5, 0.6) is 0 Å². The van der Waals surface area contributed by atoms with Crippen molar-refractivity contribution in [1.29, 1.82) is 0 Å². The summed E-state index contributed by atoms with van der Waals surface area (Å²) in [6.07, 6.45) is 0.836. The Hall–Kier alpha value is -1.51. The monoisotopic (exact) mass is 233 g/mol. The fraction of sp³-hybridized carbons (Fsp3) is 0.500. The van der Waals surface area contributed by atoms with E-state index >= 15 is 0 Å². The zero-order chi connectivity index (χ0) is 12.8. The minimum atomic E-state index is -0.470. The van der Waals surface area contributed by atoms with Crippen LogP contribution >= 0.6 is 0 Å². The number of benzene rings is 1. The van der Waals surface area contributed by atoms with Crippen LogP contribution in [0.15, 0.2) is 12.1 Å². The normalized spacial score (nSPS) is 21.9. The molecule has 2 N–H and O–H groups in total. The van der Waals surface area contributed by atoms with Crippen LogP contribution in [0.2, 0.25) is 0 Å². The molecular weight excluding hydrogens is 214 g/mol. The fourth-order valence-corrected chi connectivity index (χ4v) is 2.48. The fourth-order valence-electron chi connectivity index (χ4n) is 2.48. The number of anilines is 1. The number of carbonyl (C=O) groups is 1. The molecule has 0 fully saturated rings. The summed E-state index contributed by atoms with van der Waals surface area (Å²) in [6.45, 7) is 8.04. The second-order valence-corrected chi connectivity index (χ2v) is 5.16. The summed E-state index contributed by atoms with van der Waals surface area (Å²) in [4.78, 5) is 12.0. The Kier molecular flexibility index (Phi) is 2.64. The van der Waals surface area contributed by atoms with Crippen molar-refractivity contribution in [2.24, 2.45) is 0 Å². The van der Waals surface area contributed by atoms with E-state index in [4.69, 9.17) is 10.5 Å². The van der Waals surface area contributed by atoms with Crippen molar-refractivity contribution < 1.29 is 9.53 Å². The van der Waals surface area contributed by atoms with E-state index in [-0.39, 0.29) is 11.9 Å². The van der Waals surface area contributed by atoms with Crippen molar-refractivity contribution in [3.63, 3.8) is 0 Å². The maximum absolute atomic E-state index is 12.0. The lowest BCUT2D eigenvalue weighted by atomic mass is 9.78. The second-order valence-electron chi connectivity index (χ2n) is 5.16. The van der Waals surface area contributed by atoms with Crippen molar-refractivity contribution in [3.8, 4) is 0 Å². The molecule has 1 aromatic carbocycles. The lowest BCUT2D eigenvalue weighted by molar-refractivity contribution is -0.0182. The number of carbonyl (C=O) groups excluding carboxylic acids is 1. The lowest BCUT2D eigenvalue weighted by Gasteiger charge is -2.38. The van der Waals surface area contributed by atoms with Gasteiger partial charge in [0.15, 0.2) is 0 Å². The van der Waals surface area contributed by atoms with Crippen molar-refractivity contribution in [3.05, 3.63) is 28.8 Å². The van der Waals surface area contributed by atoms with Gasteiger partial charge >= 0.3 is 5.97 Å². The van der Waals surface area contributed by atoms with E-state index in [1.165, 1.54) is 0 Å². The molecule has 92 valence electrons. The highest BCUT2D eigenvalue weighted by molar-refractivity contribution is 5.94. The molecule has 0 aliphatic carbocycles. The first-order chi connectivity index (χ1) is 7.88. The summed E-state index contributed by atoms with van der Waals surface area (Å²) < 4.78 is 5.47. The van der Waals surface area contributed by atoms with E-state index in [9.17, 15) is 4.79 Å². The standard InChI is InChI=1S/C14H19NO2/c1-5-9-11(15)7-6-10-12(9)8(2)14(3,4)17-13(10)16/h6-8H,5,15H2,1-4H3/t8-/m1/s1. The Labute approximate surface area is 102 Å². The molecule has 0 radical (unpaired) electrons. The SMILES string of the molecule is CCc1c(N)ccc2c1[C@@H](C)C(C)(C)OC2=O. The minimum Gasteiger partial charge on any atom is -0.455 e. The third-order valence-electron chi connectivity index (χ3n) is 3.80. The molecule has 0 saturated heterocycles. The summed E-state index contributed by atoms with van der Waals surface area (Å²) in [7, 11) is 0. The van der Waals surface area contributed by atoms with Gasteiger partial charge in [-0.25, -0.2) is 4.79 Å². The van der Waals surface area contributed by atoms with Crippen LogP contribution in [0.1, 0.15) is 55.1 Å². The molecule has 17 heavy (non-hydrogen) atoms. The van der Waals surface area contributed by atoms with Crippen molar-refractivity contribution in [2.45, 2.75) is 45.6 Å². The number of hydrogen-bond acceptors (Lipinski definition) is 3. The lowest BCUT2D eigenvalue weighted by Crippen LogP contribution is -2.39. The minimum absolute atomic E-state index is 0.161. The van der Waals surface area contributed by atoms with Crippen molar-refractivity contribution >= 4 is 11.7 Å². The molecule has 0 spiro atoms. The number of rotatable bonds is 1. The third-order valence-corrected chi connectivity index (χ3v) is 3.80. The Morgan fingerprint density at radius 2 is 2.06 bits per heavy atom. The Balaban J connectivity index is 2.71. The highest BCUT2D eigenvalue weighted by Crippen LogP contribution is 2.41. The number of fused-ring (bicyclic) bond motifs is 1. The molecule has 0 unspecified atom stereocenters. The van der Waals surface area contributed by atoms with Gasteiger partial charge in [-0.1, -0.05) is 13.8 Å². The number of ether oxygens (including phenoxy) is 1. The molecule has 0 saturated carbocycles. The topological polar surface area (TPSA) is 52.3 Å². The number of hydrogen-bond donors (Lipinski definition) is 1. The molecular formula is C14H19NO2. The third kappa shape index (κ3) is 1.70. The van der Waals surface area contributed by atoms with Crippen LogP contribution in [-0.2, 0) is 11.2 Å². The van der Waals surface area contributed by atoms with Crippen LogP contribution in [0.4, 0.5) is 5.69 Å². The van der Waals surface area contributed by atoms with Crippen LogP contribution in [0.25, 0.3) is 0 Å². The van der Waals surface area contributed by atoms with Gasteiger partial charge in [-0.3, -0.25) is 0 Å². The quantitative estimate of drug-likeness (QED) is 0.599. The van der Waals surface area contributed by atoms with E-state index in [2.05, 4.69) is 13.8 Å². The van der Waals surface area contributed by atoms with Crippen LogP contribution in [0, 0.1) is 0 Å². The summed E-state index contributed by atoms with van der Waals surface area (Å²) in [5, 5.41) is 0. The predicted octanol–water partition coefficient (Wildman–Crippen LogP) is 2.88. The number of nitrogens with two attached hydrogens (primary N) is 1. The first-order valence-corrected chi connectivity index (χ1v) is 6.03. The van der Waals surface area contributed by atoms with Gasteiger partial charge in [-0.15, -0.1) is 0 Å². The number of esters is 1. The highest BCUT2D eigenvalue weighted by Gasteiger charge is 2.40. The van der Waals surface area contributed by atoms with E-state index in [1.807, 2.05) is 13.8 Å². The van der Waals surface area contributed by atoms with Gasteiger partial charge in [-0.2, -0.15) is 0 Å². The summed E-state index contributed by atoms with van der Waals surface area (Å²) in [5.41, 5.74) is 9.11. The summed E-state index contributed by atoms with van der Waals surface area (Å²) in [6, 6.07) is 3.57. The molecule has 3 nitrogen and oxygen atoms in total. The van der Waals surface area contributed by atoms with Gasteiger partial charge in [0.05, 0.1) is 5.56 Å².